The molecule has 7 heteroatoms. The van der Waals surface area contributed by atoms with Gasteiger partial charge in [-0.2, -0.15) is 0 Å². The van der Waals surface area contributed by atoms with Crippen LogP contribution in [0.2, 0.25) is 0 Å². The van der Waals surface area contributed by atoms with Crippen LogP contribution < -0.4 is 10.6 Å². The Kier molecular flexibility index (Phi) is 10.9. The zero-order valence-electron chi connectivity index (χ0n) is 16.3. The zero-order chi connectivity index (χ0) is 18.8. The lowest BCUT2D eigenvalue weighted by Gasteiger charge is -2.21. The fourth-order valence-corrected chi connectivity index (χ4v) is 3.36. The number of hydrogen-bond acceptors (Lipinski definition) is 4. The Hall–Kier alpha value is -1.16. The molecule has 1 heterocycles. The second-order valence-corrected chi connectivity index (χ2v) is 7.54. The second-order valence-electron chi connectivity index (χ2n) is 6.60. The molecule has 0 aliphatic carbocycles. The Balaban J connectivity index is 0.00000364. The molecule has 150 valence electrons. The highest BCUT2D eigenvalue weighted by Crippen LogP contribution is 2.25. The van der Waals surface area contributed by atoms with Gasteiger partial charge in [-0.15, -0.1) is 35.3 Å². The molecule has 0 saturated carbocycles. The Morgan fingerprint density at radius 1 is 1.19 bits per heavy atom. The number of nitrogens with zero attached hydrogens (tertiary/aromatic N) is 2. The van der Waals surface area contributed by atoms with Crippen molar-refractivity contribution in [2.45, 2.75) is 26.0 Å². The molecular weight excluding hydrogens is 471 g/mol. The van der Waals surface area contributed by atoms with E-state index in [2.05, 4.69) is 51.8 Å². The van der Waals surface area contributed by atoms with E-state index >= 15 is 0 Å². The quantitative estimate of drug-likeness (QED) is 0.280. The van der Waals surface area contributed by atoms with Crippen molar-refractivity contribution >= 4 is 41.3 Å². The van der Waals surface area contributed by atoms with Gasteiger partial charge >= 0.3 is 0 Å². The summed E-state index contributed by atoms with van der Waals surface area (Å²) in [5, 5.41) is 19.2. The van der Waals surface area contributed by atoms with E-state index in [1.807, 2.05) is 30.5 Å². The van der Waals surface area contributed by atoms with E-state index < -0.39 is 5.60 Å². The monoisotopic (exact) mass is 502 g/mol. The van der Waals surface area contributed by atoms with E-state index in [-0.39, 0.29) is 24.0 Å². The van der Waals surface area contributed by atoms with Gasteiger partial charge < -0.3 is 20.6 Å². The van der Waals surface area contributed by atoms with Crippen molar-refractivity contribution in [1.82, 2.24) is 15.5 Å². The smallest absolute Gasteiger partial charge is 0.191 e. The van der Waals surface area contributed by atoms with Crippen LogP contribution in [0.15, 0.2) is 52.8 Å². The Bertz CT molecular complexity index is 662. The second kappa shape index (κ2) is 12.3. The molecule has 0 fully saturated rings. The minimum absolute atomic E-state index is 0. The van der Waals surface area contributed by atoms with Crippen molar-refractivity contribution in [3.8, 4) is 0 Å². The Labute approximate surface area is 183 Å². The number of benzene rings is 1. The SMILES string of the molecule is CCNC(=NCC(C)(O)c1cccs1)NCCN(C)Cc1ccccc1.I. The van der Waals surface area contributed by atoms with Gasteiger partial charge in [-0.25, -0.2) is 4.99 Å². The third kappa shape index (κ3) is 8.59. The van der Waals surface area contributed by atoms with Crippen LogP contribution >= 0.6 is 35.3 Å². The zero-order valence-corrected chi connectivity index (χ0v) is 19.5. The summed E-state index contributed by atoms with van der Waals surface area (Å²) in [5.74, 6) is 0.734. The molecule has 0 saturated heterocycles. The molecule has 1 aromatic carbocycles. The van der Waals surface area contributed by atoms with E-state index in [1.54, 1.807) is 18.3 Å². The normalized spacial score (nSPS) is 13.7. The van der Waals surface area contributed by atoms with Gasteiger partial charge in [0.1, 0.15) is 5.60 Å². The molecule has 1 unspecified atom stereocenters. The number of nitrogens with one attached hydrogen (secondary N) is 2. The van der Waals surface area contributed by atoms with Crippen molar-refractivity contribution in [3.63, 3.8) is 0 Å². The standard InChI is InChI=1S/C20H30N4OS.HI/c1-4-21-19(23-16-20(2,25)18-11-8-14-26-18)22-12-13-24(3)15-17-9-6-5-7-10-17;/h5-11,14,25H,4,12-13,15-16H2,1-3H3,(H2,21,22,23);1H. The molecule has 0 spiro atoms. The van der Waals surface area contributed by atoms with Crippen LogP contribution in [0.3, 0.4) is 0 Å². The summed E-state index contributed by atoms with van der Waals surface area (Å²) in [7, 11) is 2.11. The topological polar surface area (TPSA) is 59.9 Å². The number of aliphatic hydroxyl groups is 1. The molecule has 2 aromatic rings. The van der Waals surface area contributed by atoms with Crippen LogP contribution in [0.1, 0.15) is 24.3 Å². The first-order chi connectivity index (χ1) is 12.5. The summed E-state index contributed by atoms with van der Waals surface area (Å²) in [6, 6.07) is 14.3. The highest BCUT2D eigenvalue weighted by atomic mass is 127. The number of halogens is 1. The number of likely N-dealkylation sites (N-methyl/N-ethyl adjacent to an activating group) is 1. The van der Waals surface area contributed by atoms with Gasteiger partial charge in [0, 0.05) is 31.1 Å². The lowest BCUT2D eigenvalue weighted by molar-refractivity contribution is 0.0711. The van der Waals surface area contributed by atoms with Gasteiger partial charge in [-0.3, -0.25) is 0 Å². The first-order valence-electron chi connectivity index (χ1n) is 9.02. The Morgan fingerprint density at radius 2 is 1.93 bits per heavy atom. The Morgan fingerprint density at radius 3 is 2.56 bits per heavy atom. The van der Waals surface area contributed by atoms with Crippen molar-refractivity contribution in [2.75, 3.05) is 33.2 Å². The van der Waals surface area contributed by atoms with Crippen LogP contribution in [0.5, 0.6) is 0 Å². The van der Waals surface area contributed by atoms with Crippen molar-refractivity contribution < 1.29 is 5.11 Å². The average Bonchev–Trinajstić information content (AvgIpc) is 3.16. The highest BCUT2D eigenvalue weighted by molar-refractivity contribution is 14.0. The molecule has 5 nitrogen and oxygen atoms in total. The van der Waals surface area contributed by atoms with Crippen LogP contribution in [-0.4, -0.2) is 49.2 Å². The van der Waals surface area contributed by atoms with Crippen molar-refractivity contribution in [3.05, 3.63) is 58.3 Å². The van der Waals surface area contributed by atoms with Gasteiger partial charge in [0.05, 0.1) is 6.54 Å². The van der Waals surface area contributed by atoms with E-state index in [4.69, 9.17) is 0 Å². The third-order valence-electron chi connectivity index (χ3n) is 4.02. The summed E-state index contributed by atoms with van der Waals surface area (Å²) in [6.07, 6.45) is 0. The van der Waals surface area contributed by atoms with Gasteiger partial charge in [-0.05, 0) is 37.9 Å². The minimum Gasteiger partial charge on any atom is -0.383 e. The number of hydrogen-bond donors (Lipinski definition) is 3. The predicted octanol–water partition coefficient (Wildman–Crippen LogP) is 3.26. The minimum atomic E-state index is -0.944. The summed E-state index contributed by atoms with van der Waals surface area (Å²) >= 11 is 1.55. The molecule has 0 aliphatic heterocycles. The number of guanidine groups is 1. The number of rotatable bonds is 9. The van der Waals surface area contributed by atoms with Crippen LogP contribution in [0.25, 0.3) is 0 Å². The van der Waals surface area contributed by atoms with Gasteiger partial charge in [0.2, 0.25) is 0 Å². The summed E-state index contributed by atoms with van der Waals surface area (Å²) in [5.41, 5.74) is 0.364. The molecular formula is C20H31IN4OS. The fourth-order valence-electron chi connectivity index (χ4n) is 2.58. The summed E-state index contributed by atoms with van der Waals surface area (Å²) < 4.78 is 0. The lowest BCUT2D eigenvalue weighted by atomic mass is 10.1. The van der Waals surface area contributed by atoms with E-state index in [9.17, 15) is 5.11 Å². The molecule has 0 aliphatic rings. The first-order valence-corrected chi connectivity index (χ1v) is 9.90. The van der Waals surface area contributed by atoms with Crippen LogP contribution in [0.4, 0.5) is 0 Å². The molecule has 27 heavy (non-hydrogen) atoms. The summed E-state index contributed by atoms with van der Waals surface area (Å²) in [6.45, 7) is 7.56. The van der Waals surface area contributed by atoms with E-state index in [0.29, 0.717) is 6.54 Å². The lowest BCUT2D eigenvalue weighted by Crippen LogP contribution is -2.41. The van der Waals surface area contributed by atoms with Crippen molar-refractivity contribution in [2.24, 2.45) is 4.99 Å². The third-order valence-corrected chi connectivity index (χ3v) is 5.15. The maximum absolute atomic E-state index is 10.6. The highest BCUT2D eigenvalue weighted by Gasteiger charge is 2.23. The molecule has 0 amide bonds. The fraction of sp³-hybridized carbons (Fsp3) is 0.450. The average molecular weight is 502 g/mol. The number of aliphatic imine (C=N–C) groups is 1. The predicted molar refractivity (Wildman–Crippen MR) is 126 cm³/mol. The molecule has 1 aromatic heterocycles. The molecule has 2 rings (SSSR count). The van der Waals surface area contributed by atoms with E-state index in [0.717, 1.165) is 37.0 Å². The molecule has 3 N–H and O–H groups in total. The van der Waals surface area contributed by atoms with Gasteiger partial charge in [0.25, 0.3) is 0 Å². The maximum Gasteiger partial charge on any atom is 0.191 e. The van der Waals surface area contributed by atoms with Gasteiger partial charge in [0.15, 0.2) is 5.96 Å². The van der Waals surface area contributed by atoms with Crippen molar-refractivity contribution in [1.29, 1.82) is 0 Å². The molecule has 1 atom stereocenters. The van der Waals surface area contributed by atoms with Crippen LogP contribution in [-0.2, 0) is 12.1 Å². The molecule has 0 radical (unpaired) electrons. The van der Waals surface area contributed by atoms with Gasteiger partial charge in [-0.1, -0.05) is 36.4 Å². The maximum atomic E-state index is 10.6. The van der Waals surface area contributed by atoms with Crippen LogP contribution in [0, 0.1) is 0 Å². The number of thiophene rings is 1. The van der Waals surface area contributed by atoms with E-state index in [1.165, 1.54) is 5.56 Å². The summed E-state index contributed by atoms with van der Waals surface area (Å²) in [4.78, 5) is 7.76. The first kappa shape index (κ1) is 23.9. The largest absolute Gasteiger partial charge is 0.383 e. The molecule has 0 bridgehead atoms.